The van der Waals surface area contributed by atoms with E-state index >= 15 is 0 Å². The molecule has 0 radical (unpaired) electrons. The Morgan fingerprint density at radius 1 is 0.941 bits per heavy atom. The van der Waals surface area contributed by atoms with Crippen LogP contribution in [-0.2, 0) is 25.4 Å². The molecule has 3 aromatic rings. The van der Waals surface area contributed by atoms with Crippen LogP contribution in [0.5, 0.6) is 0 Å². The topological polar surface area (TPSA) is 82.1 Å². The average molecular weight is 459 g/mol. The predicted molar refractivity (Wildman–Crippen MR) is 125 cm³/mol. The van der Waals surface area contributed by atoms with Crippen LogP contribution >= 0.6 is 0 Å². The van der Waals surface area contributed by atoms with Crippen molar-refractivity contribution in [3.05, 3.63) is 102 Å². The van der Waals surface area contributed by atoms with Crippen LogP contribution in [0.25, 0.3) is 0 Å². The van der Waals surface area contributed by atoms with Crippen molar-refractivity contribution in [2.75, 3.05) is 12.0 Å². The van der Waals surface area contributed by atoms with Gasteiger partial charge in [0.15, 0.2) is 12.2 Å². The molecule has 0 spiro atoms. The Morgan fingerprint density at radius 3 is 2.21 bits per heavy atom. The third-order valence-corrected chi connectivity index (χ3v) is 5.72. The van der Waals surface area contributed by atoms with Crippen molar-refractivity contribution in [1.82, 2.24) is 0 Å². The first-order chi connectivity index (χ1) is 16.5. The van der Waals surface area contributed by atoms with Crippen LogP contribution in [0.3, 0.4) is 0 Å². The van der Waals surface area contributed by atoms with Crippen molar-refractivity contribution in [3.63, 3.8) is 0 Å². The number of methoxy groups -OCH3 is 1. The Hall–Kier alpha value is -4.13. The van der Waals surface area contributed by atoms with Gasteiger partial charge in [0.1, 0.15) is 0 Å². The molecule has 0 N–H and O–H groups in total. The second-order valence-electron chi connectivity index (χ2n) is 7.92. The van der Waals surface area contributed by atoms with Crippen LogP contribution in [0.4, 0.5) is 10.5 Å². The summed E-state index contributed by atoms with van der Waals surface area (Å²) in [7, 11) is 1.29. The molecule has 1 heterocycles. The van der Waals surface area contributed by atoms with Gasteiger partial charge in [0.2, 0.25) is 0 Å². The minimum atomic E-state index is -0.827. The van der Waals surface area contributed by atoms with Crippen molar-refractivity contribution in [2.45, 2.75) is 31.6 Å². The van der Waals surface area contributed by atoms with E-state index in [0.29, 0.717) is 17.7 Å². The summed E-state index contributed by atoms with van der Waals surface area (Å²) >= 11 is 0. The fourth-order valence-electron chi connectivity index (χ4n) is 4.25. The average Bonchev–Trinajstić information content (AvgIpc) is 3.18. The highest BCUT2D eigenvalue weighted by molar-refractivity contribution is 6.02. The maximum absolute atomic E-state index is 13.3. The Kier molecular flexibility index (Phi) is 6.92. The summed E-state index contributed by atoms with van der Waals surface area (Å²) in [5.41, 5.74) is 2.28. The van der Waals surface area contributed by atoms with E-state index in [1.807, 2.05) is 60.7 Å². The van der Waals surface area contributed by atoms with Crippen LogP contribution in [0.2, 0.25) is 0 Å². The van der Waals surface area contributed by atoms with Gasteiger partial charge in [-0.3, -0.25) is 9.69 Å². The molecule has 0 bridgehead atoms. The number of carbonyl (C=O) groups excluding carboxylic acids is 3. The second kappa shape index (κ2) is 10.2. The van der Waals surface area contributed by atoms with Crippen LogP contribution < -0.4 is 4.90 Å². The van der Waals surface area contributed by atoms with E-state index < -0.39 is 36.3 Å². The lowest BCUT2D eigenvalue weighted by atomic mass is 9.93. The lowest BCUT2D eigenvalue weighted by molar-refractivity contribution is -0.152. The van der Waals surface area contributed by atoms with Gasteiger partial charge in [-0.25, -0.2) is 9.59 Å². The predicted octanol–water partition coefficient (Wildman–Crippen LogP) is 4.71. The normalized spacial score (nSPS) is 18.2. The second-order valence-corrected chi connectivity index (χ2v) is 7.92. The number of benzene rings is 3. The van der Waals surface area contributed by atoms with Gasteiger partial charge in [0.25, 0.3) is 0 Å². The number of anilines is 1. The van der Waals surface area contributed by atoms with Crippen molar-refractivity contribution < 1.29 is 28.6 Å². The quantitative estimate of drug-likeness (QED) is 0.376. The SMILES string of the molecule is COC(=O)c1ccccc1N1C(=O)OC(C(OC(C)=O)c2ccccc2)C1Cc1ccccc1. The smallest absolute Gasteiger partial charge is 0.415 e. The Balaban J connectivity index is 1.82. The molecular formula is C27H25NO6. The molecule has 3 aromatic carbocycles. The van der Waals surface area contributed by atoms with E-state index in [1.54, 1.807) is 24.3 Å². The minimum absolute atomic E-state index is 0.240. The number of ether oxygens (including phenoxy) is 3. The Labute approximate surface area is 197 Å². The van der Waals surface area contributed by atoms with E-state index in [4.69, 9.17) is 14.2 Å². The van der Waals surface area contributed by atoms with Gasteiger partial charge in [-0.15, -0.1) is 0 Å². The first-order valence-corrected chi connectivity index (χ1v) is 10.9. The summed E-state index contributed by atoms with van der Waals surface area (Å²) < 4.78 is 16.5. The van der Waals surface area contributed by atoms with Crippen molar-refractivity contribution in [3.8, 4) is 0 Å². The first-order valence-electron chi connectivity index (χ1n) is 10.9. The highest BCUT2D eigenvalue weighted by atomic mass is 16.6. The van der Waals surface area contributed by atoms with Gasteiger partial charge >= 0.3 is 18.0 Å². The number of hydrogen-bond acceptors (Lipinski definition) is 6. The first kappa shape index (κ1) is 23.0. The van der Waals surface area contributed by atoms with Crippen LogP contribution in [0, 0.1) is 0 Å². The summed E-state index contributed by atoms with van der Waals surface area (Å²) in [6.07, 6.45) is -1.86. The molecule has 0 aromatic heterocycles. The molecule has 1 aliphatic heterocycles. The van der Waals surface area contributed by atoms with Crippen LogP contribution in [0.15, 0.2) is 84.9 Å². The number of para-hydroxylation sites is 1. The number of rotatable bonds is 7. The number of amides is 1. The Morgan fingerprint density at radius 2 is 1.56 bits per heavy atom. The maximum Gasteiger partial charge on any atom is 0.415 e. The summed E-state index contributed by atoms with van der Waals surface area (Å²) in [4.78, 5) is 39.2. The molecule has 1 aliphatic rings. The lowest BCUT2D eigenvalue weighted by Crippen LogP contribution is -2.42. The van der Waals surface area contributed by atoms with Crippen molar-refractivity contribution in [2.24, 2.45) is 0 Å². The molecular weight excluding hydrogens is 434 g/mol. The standard InChI is InChI=1S/C27H25NO6/c1-18(29)33-24(20-13-7-4-8-14-20)25-23(17-19-11-5-3-6-12-19)28(27(31)34-25)22-16-10-9-15-21(22)26(30)32-2/h3-16,23-25H,17H2,1-2H3. The molecule has 174 valence electrons. The zero-order valence-corrected chi connectivity index (χ0v) is 18.9. The van der Waals surface area contributed by atoms with Gasteiger partial charge < -0.3 is 14.2 Å². The van der Waals surface area contributed by atoms with Gasteiger partial charge in [0.05, 0.1) is 24.4 Å². The molecule has 1 saturated heterocycles. The molecule has 7 nitrogen and oxygen atoms in total. The van der Waals surface area contributed by atoms with E-state index in [-0.39, 0.29) is 5.56 Å². The third kappa shape index (κ3) is 4.78. The molecule has 34 heavy (non-hydrogen) atoms. The van der Waals surface area contributed by atoms with Crippen molar-refractivity contribution in [1.29, 1.82) is 0 Å². The van der Waals surface area contributed by atoms with Crippen LogP contribution in [0.1, 0.15) is 34.5 Å². The molecule has 7 heteroatoms. The monoisotopic (exact) mass is 459 g/mol. The summed E-state index contributed by atoms with van der Waals surface area (Å²) in [6.45, 7) is 1.32. The van der Waals surface area contributed by atoms with Gasteiger partial charge in [-0.2, -0.15) is 0 Å². The van der Waals surface area contributed by atoms with E-state index in [0.717, 1.165) is 5.56 Å². The highest BCUT2D eigenvalue weighted by Gasteiger charge is 2.49. The van der Waals surface area contributed by atoms with Gasteiger partial charge in [-0.1, -0.05) is 72.8 Å². The number of hydrogen-bond donors (Lipinski definition) is 0. The zero-order valence-electron chi connectivity index (χ0n) is 18.9. The third-order valence-electron chi connectivity index (χ3n) is 5.72. The fraction of sp³-hybridized carbons (Fsp3) is 0.222. The lowest BCUT2D eigenvalue weighted by Gasteiger charge is -2.30. The number of carbonyl (C=O) groups is 3. The van der Waals surface area contributed by atoms with Crippen LogP contribution in [-0.4, -0.2) is 37.3 Å². The molecule has 0 saturated carbocycles. The van der Waals surface area contributed by atoms with E-state index in [9.17, 15) is 14.4 Å². The fourth-order valence-corrected chi connectivity index (χ4v) is 4.25. The zero-order chi connectivity index (χ0) is 24.1. The summed E-state index contributed by atoms with van der Waals surface area (Å²) in [5.74, 6) is -1.05. The summed E-state index contributed by atoms with van der Waals surface area (Å²) in [5, 5.41) is 0. The molecule has 3 unspecified atom stereocenters. The summed E-state index contributed by atoms with van der Waals surface area (Å²) in [6, 6.07) is 25.0. The molecule has 1 amide bonds. The minimum Gasteiger partial charge on any atom is -0.465 e. The van der Waals surface area contributed by atoms with E-state index in [2.05, 4.69) is 0 Å². The van der Waals surface area contributed by atoms with Gasteiger partial charge in [-0.05, 0) is 29.7 Å². The largest absolute Gasteiger partial charge is 0.465 e. The molecule has 1 fully saturated rings. The number of cyclic esters (lactones) is 1. The number of nitrogens with zero attached hydrogens (tertiary/aromatic N) is 1. The number of esters is 2. The molecule has 0 aliphatic carbocycles. The van der Waals surface area contributed by atoms with Gasteiger partial charge in [0, 0.05) is 6.92 Å². The van der Waals surface area contributed by atoms with E-state index in [1.165, 1.54) is 18.9 Å². The molecule has 4 rings (SSSR count). The maximum atomic E-state index is 13.3. The molecule has 3 atom stereocenters. The highest BCUT2D eigenvalue weighted by Crippen LogP contribution is 2.38. The Bertz CT molecular complexity index is 1160. The van der Waals surface area contributed by atoms with Crippen molar-refractivity contribution >= 4 is 23.7 Å².